The van der Waals surface area contributed by atoms with Gasteiger partial charge in [-0.3, -0.25) is 9.59 Å². The molecule has 2 aromatic carbocycles. The number of amides is 2. The third-order valence-electron chi connectivity index (χ3n) is 4.32. The summed E-state index contributed by atoms with van der Waals surface area (Å²) in [7, 11) is 0. The quantitative estimate of drug-likeness (QED) is 0.699. The van der Waals surface area contributed by atoms with Crippen molar-refractivity contribution in [1.82, 2.24) is 10.2 Å². The van der Waals surface area contributed by atoms with Crippen LogP contribution in [0.5, 0.6) is 5.75 Å². The molecule has 0 aromatic heterocycles. The van der Waals surface area contributed by atoms with Gasteiger partial charge in [0, 0.05) is 23.9 Å². The third-order valence-corrected chi connectivity index (χ3v) is 5.33. The van der Waals surface area contributed by atoms with Gasteiger partial charge < -0.3 is 15.0 Å². The van der Waals surface area contributed by atoms with Crippen LogP contribution in [0, 0.1) is 0 Å². The molecule has 8 heteroatoms. The number of thioether (sulfide) groups is 1. The Kier molecular flexibility index (Phi) is 7.24. The first-order valence-electron chi connectivity index (χ1n) is 8.96. The highest BCUT2D eigenvalue weighted by Crippen LogP contribution is 2.24. The fraction of sp³-hybridized carbons (Fsp3) is 0.238. The lowest BCUT2D eigenvalue weighted by Crippen LogP contribution is -2.46. The van der Waals surface area contributed by atoms with Crippen LogP contribution in [0.25, 0.3) is 6.08 Å². The van der Waals surface area contributed by atoms with Crippen LogP contribution in [0.4, 0.5) is 8.78 Å². The van der Waals surface area contributed by atoms with Crippen molar-refractivity contribution in [2.75, 3.05) is 11.6 Å². The SMILES string of the molecule is O=C(NCc1ccccc1)C1CSCN1C(=O)/C=C/c1ccccc1OC(F)F. The Morgan fingerprint density at radius 3 is 2.66 bits per heavy atom. The van der Waals surface area contributed by atoms with E-state index in [0.717, 1.165) is 5.56 Å². The van der Waals surface area contributed by atoms with Crippen LogP contribution >= 0.6 is 11.8 Å². The van der Waals surface area contributed by atoms with Crippen molar-refractivity contribution in [3.05, 3.63) is 71.8 Å². The minimum atomic E-state index is -2.95. The number of para-hydroxylation sites is 1. The average molecular weight is 418 g/mol. The number of hydrogen-bond donors (Lipinski definition) is 1. The van der Waals surface area contributed by atoms with E-state index in [1.54, 1.807) is 18.2 Å². The summed E-state index contributed by atoms with van der Waals surface area (Å²) in [4.78, 5) is 26.6. The standard InChI is InChI=1S/C21H20F2N2O3S/c22-21(23)28-18-9-5-4-8-16(18)10-11-19(26)25-14-29-13-17(25)20(27)24-12-15-6-2-1-3-7-15/h1-11,17,21H,12-14H2,(H,24,27)/b11-10+. The molecule has 0 saturated carbocycles. The molecule has 1 N–H and O–H groups in total. The molecule has 2 aromatic rings. The molecule has 1 atom stereocenters. The Morgan fingerprint density at radius 2 is 1.90 bits per heavy atom. The minimum Gasteiger partial charge on any atom is -0.434 e. The first-order chi connectivity index (χ1) is 14.0. The van der Waals surface area contributed by atoms with E-state index in [-0.39, 0.29) is 17.6 Å². The maximum atomic E-state index is 12.6. The van der Waals surface area contributed by atoms with E-state index in [1.165, 1.54) is 34.9 Å². The fourth-order valence-electron chi connectivity index (χ4n) is 2.86. The largest absolute Gasteiger partial charge is 0.434 e. The topological polar surface area (TPSA) is 58.6 Å². The summed E-state index contributed by atoms with van der Waals surface area (Å²) < 4.78 is 29.5. The first kappa shape index (κ1) is 20.9. The van der Waals surface area contributed by atoms with E-state index in [4.69, 9.17) is 0 Å². The second-order valence-corrected chi connectivity index (χ2v) is 7.28. The van der Waals surface area contributed by atoms with Crippen molar-refractivity contribution >= 4 is 29.7 Å². The van der Waals surface area contributed by atoms with Gasteiger partial charge in [-0.2, -0.15) is 8.78 Å². The highest BCUT2D eigenvalue weighted by molar-refractivity contribution is 7.99. The minimum absolute atomic E-state index is 0.0144. The van der Waals surface area contributed by atoms with Gasteiger partial charge in [0.25, 0.3) is 0 Å². The maximum Gasteiger partial charge on any atom is 0.387 e. The van der Waals surface area contributed by atoms with E-state index in [0.29, 0.717) is 23.7 Å². The normalized spacial score (nSPS) is 16.4. The van der Waals surface area contributed by atoms with Crippen LogP contribution in [0.1, 0.15) is 11.1 Å². The van der Waals surface area contributed by atoms with Crippen molar-refractivity contribution in [2.24, 2.45) is 0 Å². The van der Waals surface area contributed by atoms with Crippen molar-refractivity contribution in [3.8, 4) is 5.75 Å². The predicted molar refractivity (Wildman–Crippen MR) is 108 cm³/mol. The number of nitrogens with one attached hydrogen (secondary N) is 1. The van der Waals surface area contributed by atoms with E-state index in [1.807, 2.05) is 30.3 Å². The van der Waals surface area contributed by atoms with Crippen LogP contribution in [0.3, 0.4) is 0 Å². The van der Waals surface area contributed by atoms with Crippen LogP contribution in [-0.2, 0) is 16.1 Å². The van der Waals surface area contributed by atoms with E-state index >= 15 is 0 Å². The first-order valence-corrected chi connectivity index (χ1v) is 10.1. The highest BCUT2D eigenvalue weighted by atomic mass is 32.2. The van der Waals surface area contributed by atoms with Gasteiger partial charge in [-0.1, -0.05) is 48.5 Å². The molecule has 1 aliphatic heterocycles. The molecule has 1 aliphatic rings. The van der Waals surface area contributed by atoms with Gasteiger partial charge in [0.1, 0.15) is 11.8 Å². The molecule has 1 saturated heterocycles. The van der Waals surface area contributed by atoms with Crippen LogP contribution < -0.4 is 10.1 Å². The summed E-state index contributed by atoms with van der Waals surface area (Å²) in [5, 5.41) is 2.86. The predicted octanol–water partition coefficient (Wildman–Crippen LogP) is 3.52. The number of carbonyl (C=O) groups is 2. The molecule has 0 bridgehead atoms. The number of carbonyl (C=O) groups excluding carboxylic acids is 2. The summed E-state index contributed by atoms with van der Waals surface area (Å²) in [5.41, 5.74) is 1.33. The molecule has 1 fully saturated rings. The molecule has 0 radical (unpaired) electrons. The van der Waals surface area contributed by atoms with Gasteiger partial charge in [-0.05, 0) is 17.7 Å². The van der Waals surface area contributed by atoms with Gasteiger partial charge in [0.05, 0.1) is 5.88 Å². The number of nitrogens with zero attached hydrogens (tertiary/aromatic N) is 1. The Bertz CT molecular complexity index is 877. The summed E-state index contributed by atoms with van der Waals surface area (Å²) in [6.45, 7) is -2.57. The number of ether oxygens (including phenoxy) is 1. The van der Waals surface area contributed by atoms with Crippen molar-refractivity contribution in [2.45, 2.75) is 19.2 Å². The molecule has 1 heterocycles. The maximum absolute atomic E-state index is 12.6. The molecule has 0 spiro atoms. The van der Waals surface area contributed by atoms with Crippen LogP contribution in [0.2, 0.25) is 0 Å². The zero-order chi connectivity index (χ0) is 20.6. The van der Waals surface area contributed by atoms with Crippen LogP contribution in [-0.4, -0.2) is 41.0 Å². The summed E-state index contributed by atoms with van der Waals surface area (Å²) in [6.07, 6.45) is 2.69. The van der Waals surface area contributed by atoms with Crippen molar-refractivity contribution < 1.29 is 23.1 Å². The Labute approximate surface area is 171 Å². The lowest BCUT2D eigenvalue weighted by Gasteiger charge is -2.21. The molecular weight excluding hydrogens is 398 g/mol. The lowest BCUT2D eigenvalue weighted by molar-refractivity contribution is -0.134. The fourth-order valence-corrected chi connectivity index (χ4v) is 4.02. The molecule has 5 nitrogen and oxygen atoms in total. The Morgan fingerprint density at radius 1 is 1.17 bits per heavy atom. The monoisotopic (exact) mass is 418 g/mol. The van der Waals surface area contributed by atoms with E-state index in [9.17, 15) is 18.4 Å². The summed E-state index contributed by atoms with van der Waals surface area (Å²) in [5.74, 6) is 0.302. The van der Waals surface area contributed by atoms with Gasteiger partial charge in [-0.15, -0.1) is 11.8 Å². The van der Waals surface area contributed by atoms with Crippen LogP contribution in [0.15, 0.2) is 60.7 Å². The third kappa shape index (κ3) is 5.80. The Hall–Kier alpha value is -2.87. The van der Waals surface area contributed by atoms with Gasteiger partial charge >= 0.3 is 6.61 Å². The zero-order valence-corrected chi connectivity index (χ0v) is 16.3. The number of benzene rings is 2. The molecule has 3 rings (SSSR count). The molecule has 29 heavy (non-hydrogen) atoms. The second-order valence-electron chi connectivity index (χ2n) is 6.28. The molecule has 0 aliphatic carbocycles. The highest BCUT2D eigenvalue weighted by Gasteiger charge is 2.33. The number of hydrogen-bond acceptors (Lipinski definition) is 4. The second kappa shape index (κ2) is 10.1. The van der Waals surface area contributed by atoms with Crippen molar-refractivity contribution in [3.63, 3.8) is 0 Å². The van der Waals surface area contributed by atoms with E-state index < -0.39 is 12.7 Å². The zero-order valence-electron chi connectivity index (χ0n) is 15.5. The van der Waals surface area contributed by atoms with Gasteiger partial charge in [0.15, 0.2) is 0 Å². The average Bonchev–Trinajstić information content (AvgIpc) is 3.22. The summed E-state index contributed by atoms with van der Waals surface area (Å²) in [6, 6.07) is 15.1. The number of alkyl halides is 2. The molecule has 1 unspecified atom stereocenters. The number of rotatable bonds is 7. The Balaban J connectivity index is 1.62. The molecule has 152 valence electrons. The van der Waals surface area contributed by atoms with E-state index in [2.05, 4.69) is 10.1 Å². The van der Waals surface area contributed by atoms with Gasteiger partial charge in [0.2, 0.25) is 11.8 Å². The van der Waals surface area contributed by atoms with Gasteiger partial charge in [-0.25, -0.2) is 0 Å². The molecule has 2 amide bonds. The van der Waals surface area contributed by atoms with Crippen molar-refractivity contribution in [1.29, 1.82) is 0 Å². The smallest absolute Gasteiger partial charge is 0.387 e. The lowest BCUT2D eigenvalue weighted by atomic mass is 10.1. The summed E-state index contributed by atoms with van der Waals surface area (Å²) >= 11 is 1.49. The molecular formula is C21H20F2N2O3S. The number of halogens is 2.